The number of aromatic nitrogens is 2. The van der Waals surface area contributed by atoms with Gasteiger partial charge in [-0.15, -0.1) is 0 Å². The van der Waals surface area contributed by atoms with Crippen LogP contribution in [0.5, 0.6) is 0 Å². The van der Waals surface area contributed by atoms with Crippen LogP contribution in [-0.4, -0.2) is 17.1 Å². The van der Waals surface area contributed by atoms with Gasteiger partial charge in [-0.2, -0.15) is 0 Å². The van der Waals surface area contributed by atoms with E-state index in [2.05, 4.69) is 30.7 Å². The maximum Gasteiger partial charge on any atom is 0.134 e. The Morgan fingerprint density at radius 2 is 2.07 bits per heavy atom. The Labute approximate surface area is 84.5 Å². The number of hydrogen-bond donors (Lipinski definition) is 1. The van der Waals surface area contributed by atoms with E-state index in [0.717, 1.165) is 11.5 Å². The SMILES string of the molecule is COCc1nc(C(C)(C)C)ncc1N. The summed E-state index contributed by atoms with van der Waals surface area (Å²) in [5, 5.41) is 0. The molecule has 0 radical (unpaired) electrons. The molecule has 1 aromatic heterocycles. The van der Waals surface area contributed by atoms with Crippen molar-refractivity contribution >= 4 is 5.69 Å². The maximum atomic E-state index is 5.71. The fourth-order valence-corrected chi connectivity index (χ4v) is 1.04. The molecule has 0 aromatic carbocycles. The molecule has 0 aliphatic heterocycles. The summed E-state index contributed by atoms with van der Waals surface area (Å²) in [7, 11) is 1.62. The maximum absolute atomic E-state index is 5.71. The Morgan fingerprint density at radius 3 is 2.57 bits per heavy atom. The molecular weight excluding hydrogens is 178 g/mol. The lowest BCUT2D eigenvalue weighted by atomic mass is 9.95. The Balaban J connectivity index is 3.06. The van der Waals surface area contributed by atoms with E-state index >= 15 is 0 Å². The summed E-state index contributed by atoms with van der Waals surface area (Å²) in [5.41, 5.74) is 6.99. The molecule has 0 aliphatic rings. The lowest BCUT2D eigenvalue weighted by Crippen LogP contribution is -2.18. The summed E-state index contributed by atoms with van der Waals surface area (Å²) in [6.45, 7) is 6.62. The van der Waals surface area contributed by atoms with Gasteiger partial charge in [-0.05, 0) is 0 Å². The van der Waals surface area contributed by atoms with Gasteiger partial charge in [0.05, 0.1) is 24.2 Å². The predicted octanol–water partition coefficient (Wildman–Crippen LogP) is 1.50. The highest BCUT2D eigenvalue weighted by molar-refractivity contribution is 5.40. The van der Waals surface area contributed by atoms with Crippen molar-refractivity contribution in [2.75, 3.05) is 12.8 Å². The summed E-state index contributed by atoms with van der Waals surface area (Å²) in [6, 6.07) is 0. The van der Waals surface area contributed by atoms with Gasteiger partial charge < -0.3 is 10.5 Å². The fourth-order valence-electron chi connectivity index (χ4n) is 1.04. The van der Waals surface area contributed by atoms with Crippen molar-refractivity contribution in [3.05, 3.63) is 17.7 Å². The van der Waals surface area contributed by atoms with Crippen LogP contribution in [0.25, 0.3) is 0 Å². The van der Waals surface area contributed by atoms with Gasteiger partial charge in [0.2, 0.25) is 0 Å². The first-order valence-corrected chi connectivity index (χ1v) is 4.56. The Hall–Kier alpha value is -1.16. The third-order valence-corrected chi connectivity index (χ3v) is 1.85. The lowest BCUT2D eigenvalue weighted by Gasteiger charge is -2.17. The summed E-state index contributed by atoms with van der Waals surface area (Å²) < 4.78 is 5.01. The van der Waals surface area contributed by atoms with Crippen molar-refractivity contribution in [1.29, 1.82) is 0 Å². The Kier molecular flexibility index (Phi) is 3.06. The van der Waals surface area contributed by atoms with E-state index in [1.54, 1.807) is 13.3 Å². The van der Waals surface area contributed by atoms with Crippen LogP contribution >= 0.6 is 0 Å². The summed E-state index contributed by atoms with van der Waals surface area (Å²) in [4.78, 5) is 8.57. The Morgan fingerprint density at radius 1 is 1.43 bits per heavy atom. The molecule has 0 bridgehead atoms. The second kappa shape index (κ2) is 3.92. The molecule has 0 amide bonds. The van der Waals surface area contributed by atoms with Crippen molar-refractivity contribution in [2.45, 2.75) is 32.8 Å². The van der Waals surface area contributed by atoms with Crippen LogP contribution in [0.2, 0.25) is 0 Å². The quantitative estimate of drug-likeness (QED) is 0.777. The van der Waals surface area contributed by atoms with Crippen LogP contribution < -0.4 is 5.73 Å². The zero-order valence-corrected chi connectivity index (χ0v) is 9.16. The minimum atomic E-state index is -0.0593. The summed E-state index contributed by atoms with van der Waals surface area (Å²) in [6.07, 6.45) is 1.64. The highest BCUT2D eigenvalue weighted by Gasteiger charge is 2.18. The van der Waals surface area contributed by atoms with Crippen LogP contribution in [0, 0.1) is 0 Å². The van der Waals surface area contributed by atoms with E-state index in [1.165, 1.54) is 0 Å². The molecule has 4 heteroatoms. The second-order valence-electron chi connectivity index (χ2n) is 4.28. The number of nitrogens with two attached hydrogens (primary N) is 1. The number of methoxy groups -OCH3 is 1. The van der Waals surface area contributed by atoms with Gasteiger partial charge in [-0.25, -0.2) is 9.97 Å². The third-order valence-electron chi connectivity index (χ3n) is 1.85. The number of ether oxygens (including phenoxy) is 1. The molecule has 1 aromatic rings. The van der Waals surface area contributed by atoms with Gasteiger partial charge in [0.1, 0.15) is 5.82 Å². The first-order valence-electron chi connectivity index (χ1n) is 4.56. The first-order chi connectivity index (χ1) is 6.45. The number of anilines is 1. The normalized spacial score (nSPS) is 11.7. The molecule has 1 heterocycles. The topological polar surface area (TPSA) is 61.0 Å². The highest BCUT2D eigenvalue weighted by Crippen LogP contribution is 2.19. The van der Waals surface area contributed by atoms with Crippen molar-refractivity contribution in [3.63, 3.8) is 0 Å². The molecule has 4 nitrogen and oxygen atoms in total. The third kappa shape index (κ3) is 2.42. The molecule has 14 heavy (non-hydrogen) atoms. The summed E-state index contributed by atoms with van der Waals surface area (Å²) >= 11 is 0. The number of nitrogen functional groups attached to an aromatic ring is 1. The van der Waals surface area contributed by atoms with Gasteiger partial charge in [0, 0.05) is 12.5 Å². The standard InChI is InChI=1S/C10H17N3O/c1-10(2,3)9-12-5-7(11)8(13-9)6-14-4/h5H,6,11H2,1-4H3. The van der Waals surface area contributed by atoms with Gasteiger partial charge >= 0.3 is 0 Å². The van der Waals surface area contributed by atoms with Crippen molar-refractivity contribution < 1.29 is 4.74 Å². The van der Waals surface area contributed by atoms with Crippen LogP contribution in [0.1, 0.15) is 32.3 Å². The van der Waals surface area contributed by atoms with Crippen LogP contribution in [0.4, 0.5) is 5.69 Å². The van der Waals surface area contributed by atoms with Gasteiger partial charge in [0.15, 0.2) is 0 Å². The fraction of sp³-hybridized carbons (Fsp3) is 0.600. The van der Waals surface area contributed by atoms with E-state index in [4.69, 9.17) is 10.5 Å². The molecule has 78 valence electrons. The summed E-state index contributed by atoms with van der Waals surface area (Å²) in [5.74, 6) is 0.791. The number of hydrogen-bond acceptors (Lipinski definition) is 4. The molecule has 0 saturated carbocycles. The Bertz CT molecular complexity index is 318. The zero-order chi connectivity index (χ0) is 10.8. The second-order valence-corrected chi connectivity index (χ2v) is 4.28. The number of rotatable bonds is 2. The van der Waals surface area contributed by atoms with Crippen molar-refractivity contribution in [3.8, 4) is 0 Å². The monoisotopic (exact) mass is 195 g/mol. The molecule has 0 aliphatic carbocycles. The molecule has 0 saturated heterocycles. The minimum absolute atomic E-state index is 0.0593. The van der Waals surface area contributed by atoms with E-state index in [1.807, 2.05) is 0 Å². The molecule has 0 spiro atoms. The number of nitrogens with zero attached hydrogens (tertiary/aromatic N) is 2. The first kappa shape index (κ1) is 10.9. The van der Waals surface area contributed by atoms with Gasteiger partial charge in [-0.3, -0.25) is 0 Å². The van der Waals surface area contributed by atoms with Gasteiger partial charge in [-0.1, -0.05) is 20.8 Å². The molecule has 0 atom stereocenters. The predicted molar refractivity (Wildman–Crippen MR) is 55.9 cm³/mol. The largest absolute Gasteiger partial charge is 0.396 e. The highest BCUT2D eigenvalue weighted by atomic mass is 16.5. The molecule has 2 N–H and O–H groups in total. The molecule has 0 fully saturated rings. The smallest absolute Gasteiger partial charge is 0.134 e. The van der Waals surface area contributed by atoms with Crippen LogP contribution in [0.3, 0.4) is 0 Å². The van der Waals surface area contributed by atoms with Crippen LogP contribution in [-0.2, 0) is 16.8 Å². The minimum Gasteiger partial charge on any atom is -0.396 e. The van der Waals surface area contributed by atoms with Gasteiger partial charge in [0.25, 0.3) is 0 Å². The molecule has 0 unspecified atom stereocenters. The van der Waals surface area contributed by atoms with Crippen LogP contribution in [0.15, 0.2) is 6.20 Å². The lowest BCUT2D eigenvalue weighted by molar-refractivity contribution is 0.181. The van der Waals surface area contributed by atoms with Crippen molar-refractivity contribution in [2.24, 2.45) is 0 Å². The van der Waals surface area contributed by atoms with E-state index in [9.17, 15) is 0 Å². The van der Waals surface area contributed by atoms with Crippen molar-refractivity contribution in [1.82, 2.24) is 9.97 Å². The molecular formula is C10H17N3O. The molecule has 1 rings (SSSR count). The average Bonchev–Trinajstić information content (AvgIpc) is 2.07. The van der Waals surface area contributed by atoms with E-state index in [0.29, 0.717) is 12.3 Å². The average molecular weight is 195 g/mol. The van der Waals surface area contributed by atoms with E-state index in [-0.39, 0.29) is 5.41 Å². The van der Waals surface area contributed by atoms with E-state index < -0.39 is 0 Å². The zero-order valence-electron chi connectivity index (χ0n) is 9.16.